The highest BCUT2D eigenvalue weighted by atomic mass is 16.7. The van der Waals surface area contributed by atoms with Crippen LogP contribution in [0.25, 0.3) is 0 Å². The van der Waals surface area contributed by atoms with Crippen molar-refractivity contribution in [3.05, 3.63) is 12.2 Å². The second-order valence-corrected chi connectivity index (χ2v) is 4.21. The molecule has 0 aliphatic heterocycles. The highest BCUT2D eigenvalue weighted by molar-refractivity contribution is 5.91. The largest absolute Gasteiger partial charge is 0.469 e. The van der Waals surface area contributed by atoms with E-state index in [2.05, 4.69) is 4.74 Å². The standard InChI is InChI=1S/C12H18O6/c1-12(17-8-15-2)5-4-9(7-12)18-11(14)6-10(13)16-3/h4-5,9H,6-8H2,1-3H3/t9-,12-/m1/s1. The van der Waals surface area contributed by atoms with E-state index in [1.807, 2.05) is 13.0 Å². The molecular weight excluding hydrogens is 240 g/mol. The molecule has 1 aliphatic carbocycles. The Bertz CT molecular complexity index is 337. The zero-order valence-corrected chi connectivity index (χ0v) is 10.8. The summed E-state index contributed by atoms with van der Waals surface area (Å²) in [6, 6.07) is 0. The number of ether oxygens (including phenoxy) is 4. The van der Waals surface area contributed by atoms with Crippen LogP contribution in [0.4, 0.5) is 0 Å². The van der Waals surface area contributed by atoms with Gasteiger partial charge >= 0.3 is 11.9 Å². The Hall–Kier alpha value is -1.40. The van der Waals surface area contributed by atoms with Crippen molar-refractivity contribution in [3.8, 4) is 0 Å². The first-order chi connectivity index (χ1) is 8.49. The summed E-state index contributed by atoms with van der Waals surface area (Å²) in [7, 11) is 2.76. The van der Waals surface area contributed by atoms with Crippen LogP contribution in [0.15, 0.2) is 12.2 Å². The third kappa shape index (κ3) is 4.46. The summed E-state index contributed by atoms with van der Waals surface area (Å²) in [6.07, 6.45) is 3.30. The highest BCUT2D eigenvalue weighted by Gasteiger charge is 2.33. The summed E-state index contributed by atoms with van der Waals surface area (Å²) < 4.78 is 19.8. The van der Waals surface area contributed by atoms with Crippen LogP contribution in [0.2, 0.25) is 0 Å². The van der Waals surface area contributed by atoms with Crippen molar-refractivity contribution in [2.24, 2.45) is 0 Å². The molecule has 6 nitrogen and oxygen atoms in total. The molecule has 0 bridgehead atoms. The lowest BCUT2D eigenvalue weighted by Crippen LogP contribution is -2.28. The van der Waals surface area contributed by atoms with Gasteiger partial charge in [-0.25, -0.2) is 0 Å². The van der Waals surface area contributed by atoms with Crippen molar-refractivity contribution >= 4 is 11.9 Å². The van der Waals surface area contributed by atoms with Crippen LogP contribution in [0.1, 0.15) is 19.8 Å². The fourth-order valence-electron chi connectivity index (χ4n) is 1.63. The van der Waals surface area contributed by atoms with E-state index in [1.165, 1.54) is 14.2 Å². The van der Waals surface area contributed by atoms with Crippen molar-refractivity contribution in [1.29, 1.82) is 0 Å². The number of rotatable bonds is 6. The Morgan fingerprint density at radius 1 is 1.33 bits per heavy atom. The molecule has 102 valence electrons. The van der Waals surface area contributed by atoms with Crippen LogP contribution in [0.5, 0.6) is 0 Å². The van der Waals surface area contributed by atoms with Gasteiger partial charge in [0.1, 0.15) is 19.3 Å². The van der Waals surface area contributed by atoms with E-state index in [0.29, 0.717) is 6.42 Å². The van der Waals surface area contributed by atoms with E-state index in [-0.39, 0.29) is 19.3 Å². The van der Waals surface area contributed by atoms with Crippen LogP contribution in [0.3, 0.4) is 0 Å². The van der Waals surface area contributed by atoms with Gasteiger partial charge in [0.15, 0.2) is 0 Å². The van der Waals surface area contributed by atoms with Gasteiger partial charge in [0, 0.05) is 13.5 Å². The van der Waals surface area contributed by atoms with Crippen molar-refractivity contribution in [2.45, 2.75) is 31.5 Å². The zero-order chi connectivity index (χ0) is 13.6. The van der Waals surface area contributed by atoms with Gasteiger partial charge in [0.25, 0.3) is 0 Å². The van der Waals surface area contributed by atoms with Crippen molar-refractivity contribution in [2.75, 3.05) is 21.0 Å². The first-order valence-electron chi connectivity index (χ1n) is 5.57. The van der Waals surface area contributed by atoms with Crippen LogP contribution >= 0.6 is 0 Å². The molecule has 1 rings (SSSR count). The van der Waals surface area contributed by atoms with Gasteiger partial charge in [-0.3, -0.25) is 9.59 Å². The predicted molar refractivity (Wildman–Crippen MR) is 61.6 cm³/mol. The van der Waals surface area contributed by atoms with Gasteiger partial charge in [0.2, 0.25) is 0 Å². The number of hydrogen-bond acceptors (Lipinski definition) is 6. The number of carbonyl (C=O) groups is 2. The SMILES string of the molecule is COCO[C@]1(C)C=C[C@@H](OC(=O)CC(=O)OC)C1. The molecule has 0 unspecified atom stereocenters. The molecule has 0 saturated carbocycles. The maximum Gasteiger partial charge on any atom is 0.317 e. The number of esters is 2. The lowest BCUT2D eigenvalue weighted by atomic mass is 10.1. The quantitative estimate of drug-likeness (QED) is 0.304. The van der Waals surface area contributed by atoms with Gasteiger partial charge in [-0.2, -0.15) is 0 Å². The Morgan fingerprint density at radius 2 is 2.06 bits per heavy atom. The van der Waals surface area contributed by atoms with Crippen LogP contribution < -0.4 is 0 Å². The van der Waals surface area contributed by atoms with Crippen LogP contribution in [-0.2, 0) is 28.5 Å². The van der Waals surface area contributed by atoms with E-state index in [1.54, 1.807) is 6.08 Å². The lowest BCUT2D eigenvalue weighted by molar-refractivity contribution is -0.156. The summed E-state index contributed by atoms with van der Waals surface area (Å²) in [5, 5.41) is 0. The van der Waals surface area contributed by atoms with Gasteiger partial charge < -0.3 is 18.9 Å². The molecule has 0 amide bonds. The molecule has 2 atom stereocenters. The molecule has 0 aromatic carbocycles. The molecule has 0 aromatic rings. The second-order valence-electron chi connectivity index (χ2n) is 4.21. The average molecular weight is 258 g/mol. The van der Waals surface area contributed by atoms with Gasteiger partial charge in [-0.05, 0) is 13.0 Å². The minimum Gasteiger partial charge on any atom is -0.469 e. The molecule has 0 fully saturated rings. The van der Waals surface area contributed by atoms with Crippen LogP contribution in [0, 0.1) is 0 Å². The predicted octanol–water partition coefficient (Wildman–Crippen LogP) is 0.800. The van der Waals surface area contributed by atoms with E-state index >= 15 is 0 Å². The topological polar surface area (TPSA) is 71.1 Å². The summed E-state index contributed by atoms with van der Waals surface area (Å²) in [5.41, 5.74) is -0.508. The van der Waals surface area contributed by atoms with Gasteiger partial charge in [-0.1, -0.05) is 6.08 Å². The Labute approximate surface area is 106 Å². The van der Waals surface area contributed by atoms with Gasteiger partial charge in [0.05, 0.1) is 12.7 Å². The lowest BCUT2D eigenvalue weighted by Gasteiger charge is -2.23. The number of carbonyl (C=O) groups excluding carboxylic acids is 2. The highest BCUT2D eigenvalue weighted by Crippen LogP contribution is 2.28. The van der Waals surface area contributed by atoms with E-state index in [0.717, 1.165) is 0 Å². The molecule has 0 spiro atoms. The molecule has 0 N–H and O–H groups in total. The first-order valence-corrected chi connectivity index (χ1v) is 5.57. The molecule has 18 heavy (non-hydrogen) atoms. The van der Waals surface area contributed by atoms with E-state index in [4.69, 9.17) is 14.2 Å². The molecule has 0 radical (unpaired) electrons. The monoisotopic (exact) mass is 258 g/mol. The Morgan fingerprint density at radius 3 is 2.67 bits per heavy atom. The summed E-state index contributed by atoms with van der Waals surface area (Å²) in [4.78, 5) is 22.3. The number of hydrogen-bond donors (Lipinski definition) is 0. The second kappa shape index (κ2) is 6.51. The third-order valence-corrected chi connectivity index (χ3v) is 2.58. The average Bonchev–Trinajstić information content (AvgIpc) is 2.68. The smallest absolute Gasteiger partial charge is 0.317 e. The van der Waals surface area contributed by atoms with E-state index in [9.17, 15) is 9.59 Å². The molecule has 0 saturated heterocycles. The molecule has 0 heterocycles. The van der Waals surface area contributed by atoms with Crippen molar-refractivity contribution in [1.82, 2.24) is 0 Å². The Kier molecular flexibility index (Phi) is 5.30. The minimum absolute atomic E-state index is 0.170. The molecule has 1 aliphatic rings. The summed E-state index contributed by atoms with van der Waals surface area (Å²) in [5.74, 6) is -1.21. The molecule has 6 heteroatoms. The molecule has 0 aromatic heterocycles. The fourth-order valence-corrected chi connectivity index (χ4v) is 1.63. The first kappa shape index (κ1) is 14.7. The number of methoxy groups -OCH3 is 2. The summed E-state index contributed by atoms with van der Waals surface area (Å²) in [6.45, 7) is 2.04. The normalized spacial score (nSPS) is 26.1. The molecular formula is C12H18O6. The maximum atomic E-state index is 11.4. The van der Waals surface area contributed by atoms with Gasteiger partial charge in [-0.15, -0.1) is 0 Å². The maximum absolute atomic E-state index is 11.4. The zero-order valence-electron chi connectivity index (χ0n) is 10.8. The minimum atomic E-state index is -0.611. The Balaban J connectivity index is 2.37. The third-order valence-electron chi connectivity index (χ3n) is 2.58. The van der Waals surface area contributed by atoms with Crippen molar-refractivity contribution in [3.63, 3.8) is 0 Å². The van der Waals surface area contributed by atoms with Crippen LogP contribution in [-0.4, -0.2) is 44.7 Å². The fraction of sp³-hybridized carbons (Fsp3) is 0.667. The summed E-state index contributed by atoms with van der Waals surface area (Å²) >= 11 is 0. The van der Waals surface area contributed by atoms with Crippen molar-refractivity contribution < 1.29 is 28.5 Å². The van der Waals surface area contributed by atoms with E-state index < -0.39 is 17.5 Å².